The molecule has 1 rings (SSSR count). The van der Waals surface area contributed by atoms with Gasteiger partial charge in [0.2, 0.25) is 0 Å². The number of rotatable bonds is 5. The Hall–Kier alpha value is -1.02. The summed E-state index contributed by atoms with van der Waals surface area (Å²) in [6.45, 7) is 9.94. The number of anilines is 1. The Kier molecular flexibility index (Phi) is 4.81. The quantitative estimate of drug-likeness (QED) is 0.819. The highest BCUT2D eigenvalue weighted by Crippen LogP contribution is 2.27. The highest BCUT2D eigenvalue weighted by atomic mass is 15.1. The lowest BCUT2D eigenvalue weighted by atomic mass is 10.0. The number of nitrogens with one attached hydrogen (secondary N) is 1. The number of hydrogen-bond acceptors (Lipinski definition) is 2. The molecule has 2 heteroatoms. The molecule has 1 atom stereocenters. The van der Waals surface area contributed by atoms with Crippen molar-refractivity contribution in [1.82, 2.24) is 5.32 Å². The second-order valence-corrected chi connectivity index (χ2v) is 4.45. The lowest BCUT2D eigenvalue weighted by Gasteiger charge is -2.31. The first-order chi connectivity index (χ1) is 7.61. The summed E-state index contributed by atoms with van der Waals surface area (Å²) in [5.41, 5.74) is 2.72. The van der Waals surface area contributed by atoms with Crippen LogP contribution in [0.2, 0.25) is 0 Å². The van der Waals surface area contributed by atoms with E-state index >= 15 is 0 Å². The van der Waals surface area contributed by atoms with Gasteiger partial charge in [0, 0.05) is 24.3 Å². The van der Waals surface area contributed by atoms with E-state index in [4.69, 9.17) is 0 Å². The van der Waals surface area contributed by atoms with Gasteiger partial charge in [0.25, 0.3) is 0 Å². The van der Waals surface area contributed by atoms with Crippen molar-refractivity contribution in [2.45, 2.75) is 39.8 Å². The third kappa shape index (κ3) is 2.76. The molecule has 1 aromatic rings. The van der Waals surface area contributed by atoms with Crippen molar-refractivity contribution in [3.05, 3.63) is 29.8 Å². The van der Waals surface area contributed by atoms with Crippen LogP contribution in [0.4, 0.5) is 5.69 Å². The Morgan fingerprint density at radius 1 is 1.19 bits per heavy atom. The van der Waals surface area contributed by atoms with Crippen molar-refractivity contribution >= 4 is 5.69 Å². The predicted molar refractivity (Wildman–Crippen MR) is 72.1 cm³/mol. The summed E-state index contributed by atoms with van der Waals surface area (Å²) in [4.78, 5) is 2.43. The first-order valence-electron chi connectivity index (χ1n) is 6.14. The van der Waals surface area contributed by atoms with Gasteiger partial charge in [0.05, 0.1) is 0 Å². The first-order valence-corrected chi connectivity index (χ1v) is 6.14. The molecule has 1 aromatic carbocycles. The van der Waals surface area contributed by atoms with Crippen LogP contribution < -0.4 is 10.2 Å². The van der Waals surface area contributed by atoms with Crippen LogP contribution in [0.3, 0.4) is 0 Å². The fraction of sp³-hybridized carbons (Fsp3) is 0.571. The number of nitrogens with zero attached hydrogens (tertiary/aromatic N) is 1. The van der Waals surface area contributed by atoms with Crippen LogP contribution in [-0.2, 0) is 0 Å². The van der Waals surface area contributed by atoms with Crippen LogP contribution >= 0.6 is 0 Å². The van der Waals surface area contributed by atoms with Crippen LogP contribution in [0.25, 0.3) is 0 Å². The Morgan fingerprint density at radius 2 is 1.81 bits per heavy atom. The molecule has 0 fully saturated rings. The molecule has 0 heterocycles. The molecule has 90 valence electrons. The molecule has 1 N–H and O–H groups in total. The smallest absolute Gasteiger partial charge is 0.0416 e. The Balaban J connectivity index is 3.11. The van der Waals surface area contributed by atoms with Crippen molar-refractivity contribution < 1.29 is 0 Å². The van der Waals surface area contributed by atoms with Gasteiger partial charge in [0.15, 0.2) is 0 Å². The monoisotopic (exact) mass is 220 g/mol. The van der Waals surface area contributed by atoms with Crippen molar-refractivity contribution in [3.8, 4) is 0 Å². The van der Waals surface area contributed by atoms with Crippen LogP contribution in [0.5, 0.6) is 0 Å². The molecule has 0 aliphatic rings. The molecule has 0 radical (unpaired) electrons. The minimum absolute atomic E-state index is 0.393. The number of hydrogen-bond donors (Lipinski definition) is 1. The molecule has 0 saturated carbocycles. The predicted octanol–water partition coefficient (Wildman–Crippen LogP) is 3.20. The van der Waals surface area contributed by atoms with E-state index in [-0.39, 0.29) is 0 Å². The van der Waals surface area contributed by atoms with Gasteiger partial charge in [0.1, 0.15) is 0 Å². The zero-order valence-electron chi connectivity index (χ0n) is 11.1. The second kappa shape index (κ2) is 5.90. The Labute approximate surface area is 99.7 Å². The SMILES string of the molecule is CCN(c1ccccc1C(C)NC)C(C)C. The molecular weight excluding hydrogens is 196 g/mol. The standard InChI is InChI=1S/C14H24N2/c1-6-16(11(2)3)14-10-8-7-9-13(14)12(4)15-5/h7-12,15H,6H2,1-5H3. The molecule has 0 bridgehead atoms. The van der Waals surface area contributed by atoms with E-state index in [9.17, 15) is 0 Å². The summed E-state index contributed by atoms with van der Waals surface area (Å²) in [7, 11) is 2.01. The minimum atomic E-state index is 0.393. The van der Waals surface area contributed by atoms with E-state index in [1.165, 1.54) is 11.3 Å². The normalized spacial score (nSPS) is 12.9. The summed E-state index contributed by atoms with van der Waals surface area (Å²) < 4.78 is 0. The first kappa shape index (κ1) is 13.0. The molecule has 16 heavy (non-hydrogen) atoms. The number of para-hydroxylation sites is 1. The van der Waals surface area contributed by atoms with Gasteiger partial charge in [-0.15, -0.1) is 0 Å². The Bertz CT molecular complexity index is 320. The minimum Gasteiger partial charge on any atom is -0.369 e. The summed E-state index contributed by atoms with van der Waals surface area (Å²) in [6.07, 6.45) is 0. The Morgan fingerprint density at radius 3 is 2.31 bits per heavy atom. The van der Waals surface area contributed by atoms with Gasteiger partial charge in [-0.3, -0.25) is 0 Å². The summed E-state index contributed by atoms with van der Waals surface area (Å²) in [5.74, 6) is 0. The molecule has 0 spiro atoms. The van der Waals surface area contributed by atoms with Crippen molar-refractivity contribution in [2.24, 2.45) is 0 Å². The molecule has 0 aliphatic carbocycles. The third-order valence-electron chi connectivity index (χ3n) is 3.11. The van der Waals surface area contributed by atoms with E-state index in [2.05, 4.69) is 62.2 Å². The fourth-order valence-corrected chi connectivity index (χ4v) is 2.08. The average Bonchev–Trinajstić information content (AvgIpc) is 2.29. The van der Waals surface area contributed by atoms with E-state index in [1.54, 1.807) is 0 Å². The highest BCUT2D eigenvalue weighted by Gasteiger charge is 2.14. The lowest BCUT2D eigenvalue weighted by Crippen LogP contribution is -2.32. The number of benzene rings is 1. The zero-order chi connectivity index (χ0) is 12.1. The summed E-state index contributed by atoms with van der Waals surface area (Å²) >= 11 is 0. The van der Waals surface area contributed by atoms with Gasteiger partial charge < -0.3 is 10.2 Å². The van der Waals surface area contributed by atoms with Gasteiger partial charge in [-0.25, -0.2) is 0 Å². The molecule has 0 aliphatic heterocycles. The van der Waals surface area contributed by atoms with E-state index in [0.717, 1.165) is 6.54 Å². The van der Waals surface area contributed by atoms with Gasteiger partial charge in [-0.2, -0.15) is 0 Å². The van der Waals surface area contributed by atoms with Gasteiger partial charge in [-0.1, -0.05) is 18.2 Å². The van der Waals surface area contributed by atoms with E-state index < -0.39 is 0 Å². The van der Waals surface area contributed by atoms with Crippen molar-refractivity contribution in [3.63, 3.8) is 0 Å². The molecule has 2 nitrogen and oxygen atoms in total. The lowest BCUT2D eigenvalue weighted by molar-refractivity contribution is 0.637. The second-order valence-electron chi connectivity index (χ2n) is 4.45. The van der Waals surface area contributed by atoms with Gasteiger partial charge >= 0.3 is 0 Å². The molecular formula is C14H24N2. The fourth-order valence-electron chi connectivity index (χ4n) is 2.08. The van der Waals surface area contributed by atoms with Crippen LogP contribution in [0.15, 0.2) is 24.3 Å². The highest BCUT2D eigenvalue weighted by molar-refractivity contribution is 5.55. The summed E-state index contributed by atoms with van der Waals surface area (Å²) in [5, 5.41) is 3.31. The maximum atomic E-state index is 3.31. The van der Waals surface area contributed by atoms with Gasteiger partial charge in [-0.05, 0) is 46.4 Å². The maximum absolute atomic E-state index is 3.31. The van der Waals surface area contributed by atoms with Crippen LogP contribution in [0.1, 0.15) is 39.3 Å². The van der Waals surface area contributed by atoms with Crippen LogP contribution in [-0.4, -0.2) is 19.6 Å². The maximum Gasteiger partial charge on any atom is 0.0416 e. The molecule has 0 saturated heterocycles. The third-order valence-corrected chi connectivity index (χ3v) is 3.11. The topological polar surface area (TPSA) is 15.3 Å². The summed E-state index contributed by atoms with van der Waals surface area (Å²) in [6, 6.07) is 9.58. The average molecular weight is 220 g/mol. The largest absolute Gasteiger partial charge is 0.369 e. The molecule has 1 unspecified atom stereocenters. The van der Waals surface area contributed by atoms with Crippen molar-refractivity contribution in [1.29, 1.82) is 0 Å². The molecule has 0 amide bonds. The van der Waals surface area contributed by atoms with Crippen LogP contribution in [0, 0.1) is 0 Å². The van der Waals surface area contributed by atoms with E-state index in [1.807, 2.05) is 7.05 Å². The van der Waals surface area contributed by atoms with Crippen molar-refractivity contribution in [2.75, 3.05) is 18.5 Å². The van der Waals surface area contributed by atoms with E-state index in [0.29, 0.717) is 12.1 Å². The zero-order valence-corrected chi connectivity index (χ0v) is 11.1. The molecule has 0 aromatic heterocycles.